The van der Waals surface area contributed by atoms with E-state index in [0.29, 0.717) is 11.4 Å². The van der Waals surface area contributed by atoms with E-state index in [1.165, 1.54) is 28.9 Å². The Balaban J connectivity index is 1.91. The summed E-state index contributed by atoms with van der Waals surface area (Å²) in [6.45, 7) is 3.03. The molecule has 0 aliphatic rings. The Kier molecular flexibility index (Phi) is 6.39. The molecule has 0 fully saturated rings. The molecule has 2 aromatic carbocycles. The van der Waals surface area contributed by atoms with Crippen molar-refractivity contribution in [2.75, 3.05) is 6.26 Å². The summed E-state index contributed by atoms with van der Waals surface area (Å²) < 4.78 is 66.0. The number of carbonyl (C=O) groups excluding carboxylic acids is 1. The SMILES string of the molecule is Cc1cc(C)n(-c2ccc(CNC(=O)c3cc(S(C)(=O)=O)ccc3Cl)c(C(F)(F)F)c2)n1. The summed E-state index contributed by atoms with van der Waals surface area (Å²) in [5.74, 6) is -0.795. The fraction of sp³-hybridized carbons (Fsp3) is 0.238. The van der Waals surface area contributed by atoms with E-state index in [2.05, 4.69) is 10.4 Å². The second kappa shape index (κ2) is 8.59. The highest BCUT2D eigenvalue weighted by Gasteiger charge is 2.34. The van der Waals surface area contributed by atoms with Gasteiger partial charge in [-0.15, -0.1) is 0 Å². The zero-order valence-corrected chi connectivity index (χ0v) is 18.9. The van der Waals surface area contributed by atoms with Crippen molar-refractivity contribution in [1.82, 2.24) is 15.1 Å². The van der Waals surface area contributed by atoms with Crippen LogP contribution in [0.4, 0.5) is 13.2 Å². The summed E-state index contributed by atoms with van der Waals surface area (Å²) in [5, 5.41) is 6.56. The molecule has 1 N–H and O–H groups in total. The predicted octanol–water partition coefficient (Wildman–Crippen LogP) is 4.49. The van der Waals surface area contributed by atoms with E-state index in [4.69, 9.17) is 11.6 Å². The zero-order chi connectivity index (χ0) is 23.8. The molecular formula is C21H19ClF3N3O3S. The number of benzene rings is 2. The maximum absolute atomic E-state index is 13.7. The minimum absolute atomic E-state index is 0.0224. The largest absolute Gasteiger partial charge is 0.416 e. The Bertz CT molecular complexity index is 1300. The third-order valence-corrected chi connectivity index (χ3v) is 6.14. The molecule has 0 saturated carbocycles. The molecule has 0 atom stereocenters. The second-order valence-corrected chi connectivity index (χ2v) is 9.70. The van der Waals surface area contributed by atoms with E-state index < -0.39 is 34.0 Å². The number of hydrogen-bond acceptors (Lipinski definition) is 4. The number of aromatic nitrogens is 2. The van der Waals surface area contributed by atoms with Gasteiger partial charge in [0.25, 0.3) is 5.91 Å². The average molecular weight is 486 g/mol. The maximum atomic E-state index is 13.7. The Morgan fingerprint density at radius 3 is 2.38 bits per heavy atom. The number of alkyl halides is 3. The normalized spacial score (nSPS) is 12.1. The zero-order valence-electron chi connectivity index (χ0n) is 17.3. The summed E-state index contributed by atoms with van der Waals surface area (Å²) in [7, 11) is -3.60. The quantitative estimate of drug-likeness (QED) is 0.577. The molecule has 0 aliphatic heterocycles. The average Bonchev–Trinajstić information content (AvgIpc) is 3.02. The lowest BCUT2D eigenvalue weighted by Crippen LogP contribution is -2.25. The van der Waals surface area contributed by atoms with Crippen LogP contribution in [0.2, 0.25) is 5.02 Å². The summed E-state index contributed by atoms with van der Waals surface area (Å²) in [6.07, 6.45) is -3.70. The lowest BCUT2D eigenvalue weighted by atomic mass is 10.1. The monoisotopic (exact) mass is 485 g/mol. The second-order valence-electron chi connectivity index (χ2n) is 7.27. The van der Waals surface area contributed by atoms with E-state index >= 15 is 0 Å². The van der Waals surface area contributed by atoms with Gasteiger partial charge in [0.1, 0.15) is 0 Å². The molecule has 0 spiro atoms. The summed E-state index contributed by atoms with van der Waals surface area (Å²) in [5.41, 5.74) is 0.354. The van der Waals surface area contributed by atoms with Gasteiger partial charge in [-0.2, -0.15) is 18.3 Å². The van der Waals surface area contributed by atoms with E-state index in [9.17, 15) is 26.4 Å². The van der Waals surface area contributed by atoms with Crippen molar-refractivity contribution in [2.45, 2.75) is 31.5 Å². The Hall–Kier alpha value is -2.85. The van der Waals surface area contributed by atoms with Crippen molar-refractivity contribution in [3.8, 4) is 5.69 Å². The predicted molar refractivity (Wildman–Crippen MR) is 114 cm³/mol. The lowest BCUT2D eigenvalue weighted by molar-refractivity contribution is -0.138. The Morgan fingerprint density at radius 1 is 1.12 bits per heavy atom. The minimum atomic E-state index is -4.67. The standard InChI is InChI=1S/C21H19ClF3N3O3S/c1-12-8-13(2)28(27-12)15-5-4-14(18(9-15)21(23,24)25)11-26-20(29)17-10-16(32(3,30)31)6-7-19(17)22/h4-10H,11H2,1-3H3,(H,26,29). The first kappa shape index (κ1) is 23.8. The first-order valence-electron chi connectivity index (χ1n) is 9.29. The van der Waals surface area contributed by atoms with Crippen molar-refractivity contribution in [3.63, 3.8) is 0 Å². The Morgan fingerprint density at radius 2 is 1.81 bits per heavy atom. The highest BCUT2D eigenvalue weighted by atomic mass is 35.5. The van der Waals surface area contributed by atoms with E-state index in [-0.39, 0.29) is 26.7 Å². The molecule has 0 bridgehead atoms. The van der Waals surface area contributed by atoms with Gasteiger partial charge >= 0.3 is 6.18 Å². The van der Waals surface area contributed by atoms with Crippen molar-refractivity contribution in [3.05, 3.63) is 75.6 Å². The van der Waals surface area contributed by atoms with Crippen LogP contribution < -0.4 is 5.32 Å². The smallest absolute Gasteiger partial charge is 0.348 e. The van der Waals surface area contributed by atoms with Gasteiger partial charge in [0.2, 0.25) is 0 Å². The van der Waals surface area contributed by atoms with Crippen LogP contribution in [0.3, 0.4) is 0 Å². The number of aryl methyl sites for hydroxylation is 2. The van der Waals surface area contributed by atoms with Crippen LogP contribution in [0.5, 0.6) is 0 Å². The fourth-order valence-electron chi connectivity index (χ4n) is 3.18. The first-order chi connectivity index (χ1) is 14.8. The molecule has 170 valence electrons. The fourth-order valence-corrected chi connectivity index (χ4v) is 4.03. The number of sulfone groups is 1. The molecule has 3 rings (SSSR count). The number of amides is 1. The third-order valence-electron chi connectivity index (χ3n) is 4.70. The molecule has 32 heavy (non-hydrogen) atoms. The molecule has 3 aromatic rings. The maximum Gasteiger partial charge on any atom is 0.416 e. The molecule has 1 heterocycles. The van der Waals surface area contributed by atoms with Crippen LogP contribution in [0, 0.1) is 13.8 Å². The minimum Gasteiger partial charge on any atom is -0.348 e. The molecule has 6 nitrogen and oxygen atoms in total. The van der Waals surface area contributed by atoms with Gasteiger partial charge < -0.3 is 5.32 Å². The topological polar surface area (TPSA) is 81.1 Å². The molecule has 11 heteroatoms. The van der Waals surface area contributed by atoms with Crippen LogP contribution in [0.1, 0.15) is 32.9 Å². The van der Waals surface area contributed by atoms with Crippen molar-refractivity contribution >= 4 is 27.3 Å². The molecule has 0 unspecified atom stereocenters. The van der Waals surface area contributed by atoms with Gasteiger partial charge in [0.05, 0.1) is 32.4 Å². The van der Waals surface area contributed by atoms with Gasteiger partial charge in [0, 0.05) is 18.5 Å². The van der Waals surface area contributed by atoms with Crippen molar-refractivity contribution in [1.29, 1.82) is 0 Å². The third kappa shape index (κ3) is 5.13. The number of hydrogen-bond donors (Lipinski definition) is 1. The van der Waals surface area contributed by atoms with Crippen LogP contribution in [0.15, 0.2) is 47.4 Å². The molecule has 1 aromatic heterocycles. The lowest BCUT2D eigenvalue weighted by Gasteiger charge is -2.16. The van der Waals surface area contributed by atoms with Crippen molar-refractivity contribution in [2.24, 2.45) is 0 Å². The van der Waals surface area contributed by atoms with Crippen molar-refractivity contribution < 1.29 is 26.4 Å². The number of halogens is 4. The number of rotatable bonds is 5. The molecule has 0 radical (unpaired) electrons. The number of carbonyl (C=O) groups is 1. The van der Waals surface area contributed by atoms with E-state index in [1.807, 2.05) is 0 Å². The highest BCUT2D eigenvalue weighted by Crippen LogP contribution is 2.34. The molecule has 1 amide bonds. The van der Waals surface area contributed by atoms with Gasteiger partial charge in [-0.1, -0.05) is 17.7 Å². The van der Waals surface area contributed by atoms with E-state index in [0.717, 1.165) is 18.4 Å². The number of nitrogens with zero attached hydrogens (tertiary/aromatic N) is 2. The molecule has 0 aliphatic carbocycles. The van der Waals surface area contributed by atoms with Gasteiger partial charge in [0.15, 0.2) is 9.84 Å². The number of nitrogens with one attached hydrogen (secondary N) is 1. The van der Waals surface area contributed by atoms with Gasteiger partial charge in [-0.25, -0.2) is 13.1 Å². The van der Waals surface area contributed by atoms with E-state index in [1.54, 1.807) is 19.9 Å². The van der Waals surface area contributed by atoms with Gasteiger partial charge in [-0.3, -0.25) is 4.79 Å². The molecular weight excluding hydrogens is 467 g/mol. The summed E-state index contributed by atoms with van der Waals surface area (Å²) >= 11 is 5.99. The summed E-state index contributed by atoms with van der Waals surface area (Å²) in [6, 6.07) is 9.04. The summed E-state index contributed by atoms with van der Waals surface area (Å²) in [4.78, 5) is 12.4. The first-order valence-corrected chi connectivity index (χ1v) is 11.6. The van der Waals surface area contributed by atoms with Crippen LogP contribution in [-0.4, -0.2) is 30.4 Å². The molecule has 0 saturated heterocycles. The Labute approximate surface area is 187 Å². The van der Waals surface area contributed by atoms with Crippen LogP contribution >= 0.6 is 11.6 Å². The van der Waals surface area contributed by atoms with Crippen LogP contribution in [-0.2, 0) is 22.6 Å². The highest BCUT2D eigenvalue weighted by molar-refractivity contribution is 7.90. The van der Waals surface area contributed by atoms with Gasteiger partial charge in [-0.05, 0) is 55.8 Å². The van der Waals surface area contributed by atoms with Crippen LogP contribution in [0.25, 0.3) is 5.69 Å².